The molecule has 0 aliphatic carbocycles. The molecule has 0 amide bonds. The van der Waals surface area contributed by atoms with Crippen LogP contribution in [0.15, 0.2) is 48.8 Å². The lowest BCUT2D eigenvalue weighted by atomic mass is 10.0. The number of benzene rings is 2. The Kier molecular flexibility index (Phi) is 3.51. The van der Waals surface area contributed by atoms with Gasteiger partial charge in [0.1, 0.15) is 17.4 Å². The zero-order valence-electron chi connectivity index (χ0n) is 12.5. The molecule has 0 aliphatic heterocycles. The van der Waals surface area contributed by atoms with Gasteiger partial charge in [0, 0.05) is 11.8 Å². The van der Waals surface area contributed by atoms with Crippen LogP contribution in [0.4, 0.5) is 0 Å². The van der Waals surface area contributed by atoms with Gasteiger partial charge in [-0.25, -0.2) is 0 Å². The molecular formula is C17H14N4OS. The van der Waals surface area contributed by atoms with Crippen LogP contribution in [0.1, 0.15) is 10.0 Å². The summed E-state index contributed by atoms with van der Waals surface area (Å²) < 4.78 is 5.81. The zero-order chi connectivity index (χ0) is 15.6. The second-order valence-electron chi connectivity index (χ2n) is 5.21. The van der Waals surface area contributed by atoms with Crippen LogP contribution in [0.2, 0.25) is 0 Å². The summed E-state index contributed by atoms with van der Waals surface area (Å²) in [6.45, 7) is 2.39. The lowest BCUT2D eigenvalue weighted by molar-refractivity contribution is 0.305. The number of nitrogens with one attached hydrogen (secondary N) is 1. The van der Waals surface area contributed by atoms with E-state index in [9.17, 15) is 0 Å². The quantitative estimate of drug-likeness (QED) is 0.617. The Labute approximate surface area is 137 Å². The minimum atomic E-state index is 0.449. The van der Waals surface area contributed by atoms with Crippen LogP contribution in [-0.4, -0.2) is 20.4 Å². The van der Waals surface area contributed by atoms with E-state index in [1.165, 1.54) is 5.39 Å². The maximum atomic E-state index is 5.81. The minimum Gasteiger partial charge on any atom is -0.486 e. The monoisotopic (exact) mass is 322 g/mol. The molecule has 0 aliphatic rings. The van der Waals surface area contributed by atoms with Crippen LogP contribution in [0, 0.1) is 6.92 Å². The van der Waals surface area contributed by atoms with Crippen molar-refractivity contribution in [2.45, 2.75) is 13.5 Å². The van der Waals surface area contributed by atoms with E-state index < -0.39 is 0 Å². The summed E-state index contributed by atoms with van der Waals surface area (Å²) in [4.78, 5) is 0. The summed E-state index contributed by atoms with van der Waals surface area (Å²) in [6.07, 6.45) is 3.71. The van der Waals surface area contributed by atoms with E-state index in [1.807, 2.05) is 31.5 Å². The lowest BCUT2D eigenvalue weighted by Crippen LogP contribution is -1.94. The molecule has 4 aromatic rings. The Balaban J connectivity index is 1.57. The Morgan fingerprint density at radius 1 is 1.04 bits per heavy atom. The van der Waals surface area contributed by atoms with Crippen molar-refractivity contribution in [2.75, 3.05) is 0 Å². The lowest BCUT2D eigenvalue weighted by Gasteiger charge is -2.06. The highest BCUT2D eigenvalue weighted by Gasteiger charge is 2.04. The number of H-pyrrole nitrogens is 1. The smallest absolute Gasteiger partial charge is 0.155 e. The highest BCUT2D eigenvalue weighted by molar-refractivity contribution is 7.11. The number of fused-ring (bicyclic) bond motifs is 1. The van der Waals surface area contributed by atoms with E-state index in [1.54, 1.807) is 11.3 Å². The summed E-state index contributed by atoms with van der Waals surface area (Å²) in [5.41, 5.74) is 2.23. The molecule has 5 nitrogen and oxygen atoms in total. The third kappa shape index (κ3) is 2.93. The average Bonchev–Trinajstić information content (AvgIpc) is 3.24. The third-order valence-corrected chi connectivity index (χ3v) is 4.39. The number of aryl methyl sites for hydroxylation is 1. The van der Waals surface area contributed by atoms with Crippen molar-refractivity contribution < 1.29 is 4.74 Å². The van der Waals surface area contributed by atoms with E-state index >= 15 is 0 Å². The predicted molar refractivity (Wildman–Crippen MR) is 90.5 cm³/mol. The first-order valence-corrected chi connectivity index (χ1v) is 8.04. The van der Waals surface area contributed by atoms with Crippen LogP contribution in [0.5, 0.6) is 5.75 Å². The average molecular weight is 322 g/mol. The molecule has 2 aromatic heterocycles. The highest BCUT2D eigenvalue weighted by Crippen LogP contribution is 2.27. The van der Waals surface area contributed by atoms with Crippen molar-refractivity contribution >= 4 is 22.1 Å². The summed E-state index contributed by atoms with van der Waals surface area (Å²) >= 11 is 1.55. The number of nitrogens with zero attached hydrogens (tertiary/aromatic N) is 3. The van der Waals surface area contributed by atoms with E-state index in [2.05, 4.69) is 44.7 Å². The molecule has 0 atom stereocenters. The first-order valence-electron chi connectivity index (χ1n) is 7.23. The Morgan fingerprint density at radius 2 is 1.91 bits per heavy atom. The van der Waals surface area contributed by atoms with Crippen molar-refractivity contribution in [3.05, 3.63) is 58.8 Å². The van der Waals surface area contributed by atoms with E-state index in [0.717, 1.165) is 32.3 Å². The van der Waals surface area contributed by atoms with Gasteiger partial charge in [-0.05, 0) is 41.5 Å². The molecule has 4 rings (SSSR count). The van der Waals surface area contributed by atoms with Gasteiger partial charge in [-0.15, -0.1) is 10.2 Å². The molecule has 114 valence electrons. The zero-order valence-corrected chi connectivity index (χ0v) is 13.3. The Hall–Kier alpha value is -2.73. The number of aromatic amines is 1. The van der Waals surface area contributed by atoms with Crippen LogP contribution >= 0.6 is 11.3 Å². The Bertz CT molecular complexity index is 946. The highest BCUT2D eigenvalue weighted by atomic mass is 32.1. The molecule has 2 heterocycles. The SMILES string of the molecule is Cc1nnc(COc2ccc3cc(-c4cn[nH]c4)ccc3c2)s1. The van der Waals surface area contributed by atoms with Gasteiger partial charge in [0.15, 0.2) is 5.01 Å². The summed E-state index contributed by atoms with van der Waals surface area (Å²) in [6, 6.07) is 12.4. The minimum absolute atomic E-state index is 0.449. The summed E-state index contributed by atoms with van der Waals surface area (Å²) in [5, 5.41) is 19.0. The largest absolute Gasteiger partial charge is 0.486 e. The number of ether oxygens (including phenoxy) is 1. The molecule has 0 radical (unpaired) electrons. The van der Waals surface area contributed by atoms with Crippen LogP contribution in [0.25, 0.3) is 21.9 Å². The molecule has 0 fully saturated rings. The van der Waals surface area contributed by atoms with Gasteiger partial charge in [-0.2, -0.15) is 5.10 Å². The normalized spacial score (nSPS) is 11.0. The van der Waals surface area contributed by atoms with Crippen molar-refractivity contribution in [3.63, 3.8) is 0 Å². The molecule has 0 saturated heterocycles. The number of hydrogen-bond donors (Lipinski definition) is 1. The second kappa shape index (κ2) is 5.81. The van der Waals surface area contributed by atoms with Gasteiger partial charge in [0.25, 0.3) is 0 Å². The third-order valence-electron chi connectivity index (χ3n) is 3.57. The van der Waals surface area contributed by atoms with Crippen LogP contribution in [0.3, 0.4) is 0 Å². The fourth-order valence-corrected chi connectivity index (χ4v) is 3.06. The fraction of sp³-hybridized carbons (Fsp3) is 0.118. The maximum absolute atomic E-state index is 5.81. The predicted octanol–water partition coefficient (Wildman–Crippen LogP) is 3.97. The van der Waals surface area contributed by atoms with Gasteiger partial charge < -0.3 is 4.74 Å². The molecule has 23 heavy (non-hydrogen) atoms. The first kappa shape index (κ1) is 13.9. The molecule has 6 heteroatoms. The molecule has 0 bridgehead atoms. The Morgan fingerprint density at radius 3 is 2.70 bits per heavy atom. The number of hydrogen-bond acceptors (Lipinski definition) is 5. The fourth-order valence-electron chi connectivity index (χ4n) is 2.44. The first-order chi connectivity index (χ1) is 11.3. The molecule has 0 saturated carbocycles. The second-order valence-corrected chi connectivity index (χ2v) is 6.48. The molecule has 1 N–H and O–H groups in total. The van der Waals surface area contributed by atoms with Crippen LogP contribution in [-0.2, 0) is 6.61 Å². The van der Waals surface area contributed by atoms with Crippen molar-refractivity contribution in [1.29, 1.82) is 0 Å². The van der Waals surface area contributed by atoms with E-state index in [0.29, 0.717) is 6.61 Å². The molecule has 0 spiro atoms. The summed E-state index contributed by atoms with van der Waals surface area (Å²) in [5.74, 6) is 0.835. The number of rotatable bonds is 4. The van der Waals surface area contributed by atoms with Crippen molar-refractivity contribution in [2.24, 2.45) is 0 Å². The van der Waals surface area contributed by atoms with Crippen LogP contribution < -0.4 is 4.74 Å². The summed E-state index contributed by atoms with van der Waals surface area (Å²) in [7, 11) is 0. The molecule has 0 unspecified atom stereocenters. The van der Waals surface area contributed by atoms with E-state index in [4.69, 9.17) is 4.74 Å². The van der Waals surface area contributed by atoms with Gasteiger partial charge in [-0.1, -0.05) is 29.5 Å². The van der Waals surface area contributed by atoms with Crippen molar-refractivity contribution in [1.82, 2.24) is 20.4 Å². The van der Waals surface area contributed by atoms with Gasteiger partial charge in [-0.3, -0.25) is 5.10 Å². The topological polar surface area (TPSA) is 63.7 Å². The van der Waals surface area contributed by atoms with Gasteiger partial charge in [0.2, 0.25) is 0 Å². The van der Waals surface area contributed by atoms with Crippen molar-refractivity contribution in [3.8, 4) is 16.9 Å². The number of aromatic nitrogens is 4. The van der Waals surface area contributed by atoms with Gasteiger partial charge >= 0.3 is 0 Å². The van der Waals surface area contributed by atoms with E-state index in [-0.39, 0.29) is 0 Å². The standard InChI is InChI=1S/C17H14N4OS/c1-11-20-21-17(23-11)10-22-16-5-4-12-6-13(2-3-14(12)7-16)15-8-18-19-9-15/h2-9H,10H2,1H3,(H,18,19). The maximum Gasteiger partial charge on any atom is 0.155 e. The molecular weight excluding hydrogens is 308 g/mol. The molecule has 2 aromatic carbocycles. The van der Waals surface area contributed by atoms with Gasteiger partial charge in [0.05, 0.1) is 6.20 Å².